The van der Waals surface area contributed by atoms with Crippen molar-refractivity contribution in [1.82, 2.24) is 10.0 Å². The fourth-order valence-corrected chi connectivity index (χ4v) is 2.50. The van der Waals surface area contributed by atoms with Gasteiger partial charge in [0, 0.05) is 23.8 Å². The first-order chi connectivity index (χ1) is 10.7. The zero-order valence-corrected chi connectivity index (χ0v) is 12.1. The molecule has 5 nitrogen and oxygen atoms in total. The van der Waals surface area contributed by atoms with Crippen LogP contribution in [0.25, 0.3) is 10.9 Å². The van der Waals surface area contributed by atoms with E-state index in [1.807, 2.05) is 42.6 Å². The molecule has 0 spiro atoms. The van der Waals surface area contributed by atoms with E-state index in [1.165, 1.54) is 0 Å². The van der Waals surface area contributed by atoms with Gasteiger partial charge in [-0.3, -0.25) is 10.0 Å². The molecule has 0 unspecified atom stereocenters. The van der Waals surface area contributed by atoms with Gasteiger partial charge in [0.2, 0.25) is 0 Å². The number of hydroxylamine groups is 1. The van der Waals surface area contributed by atoms with Crippen LogP contribution in [-0.2, 0) is 6.54 Å². The van der Waals surface area contributed by atoms with Crippen molar-refractivity contribution in [3.63, 3.8) is 0 Å². The van der Waals surface area contributed by atoms with E-state index < -0.39 is 5.91 Å². The quantitative estimate of drug-likeness (QED) is 0.575. The average Bonchev–Trinajstić information content (AvgIpc) is 2.96. The number of rotatable bonds is 4. The molecular weight excluding hydrogens is 280 g/mol. The molecule has 0 saturated carbocycles. The first-order valence-corrected chi connectivity index (χ1v) is 6.87. The van der Waals surface area contributed by atoms with Gasteiger partial charge in [-0.15, -0.1) is 0 Å². The molecule has 1 aromatic heterocycles. The molecule has 112 valence electrons. The smallest absolute Gasteiger partial charge is 0.274 e. The molecule has 3 aromatic rings. The summed E-state index contributed by atoms with van der Waals surface area (Å²) in [5.74, 6) is 0.297. The van der Waals surface area contributed by atoms with E-state index >= 15 is 0 Å². The number of nitrogens with one attached hydrogen (secondary N) is 1. The second kappa shape index (κ2) is 5.91. The second-order valence-corrected chi connectivity index (χ2v) is 5.01. The molecule has 22 heavy (non-hydrogen) atoms. The van der Waals surface area contributed by atoms with Crippen LogP contribution in [0, 0.1) is 0 Å². The summed E-state index contributed by atoms with van der Waals surface area (Å²) in [6.07, 6.45) is 1.98. The number of carbonyl (C=O) groups is 1. The number of aromatic nitrogens is 1. The fraction of sp³-hybridized carbons (Fsp3) is 0.118. The van der Waals surface area contributed by atoms with Crippen molar-refractivity contribution >= 4 is 16.8 Å². The summed E-state index contributed by atoms with van der Waals surface area (Å²) < 4.78 is 7.29. The molecule has 0 radical (unpaired) electrons. The molecule has 2 N–H and O–H groups in total. The topological polar surface area (TPSA) is 63.5 Å². The molecule has 0 aliphatic rings. The Bertz CT molecular complexity index is 824. The molecule has 1 heterocycles. The van der Waals surface area contributed by atoms with Crippen molar-refractivity contribution in [3.8, 4) is 5.75 Å². The van der Waals surface area contributed by atoms with Crippen molar-refractivity contribution in [2.45, 2.75) is 6.54 Å². The monoisotopic (exact) mass is 296 g/mol. The van der Waals surface area contributed by atoms with Crippen LogP contribution in [0.5, 0.6) is 5.75 Å². The van der Waals surface area contributed by atoms with Crippen LogP contribution in [0.15, 0.2) is 54.7 Å². The van der Waals surface area contributed by atoms with Gasteiger partial charge < -0.3 is 9.30 Å². The maximum absolute atomic E-state index is 11.5. The van der Waals surface area contributed by atoms with E-state index in [-0.39, 0.29) is 0 Å². The highest BCUT2D eigenvalue weighted by molar-refractivity contribution is 5.97. The predicted molar refractivity (Wildman–Crippen MR) is 83.3 cm³/mol. The Morgan fingerprint density at radius 3 is 2.86 bits per heavy atom. The molecule has 0 bridgehead atoms. The van der Waals surface area contributed by atoms with Crippen molar-refractivity contribution in [1.29, 1.82) is 0 Å². The second-order valence-electron chi connectivity index (χ2n) is 5.01. The van der Waals surface area contributed by atoms with Crippen molar-refractivity contribution in [3.05, 3.63) is 65.9 Å². The summed E-state index contributed by atoms with van der Waals surface area (Å²) in [7, 11) is 1.64. The van der Waals surface area contributed by atoms with Crippen molar-refractivity contribution in [2.75, 3.05) is 7.11 Å². The number of carbonyl (C=O) groups excluding carboxylic acids is 1. The third-order valence-electron chi connectivity index (χ3n) is 3.62. The molecule has 0 aliphatic heterocycles. The minimum absolute atomic E-state index is 0.417. The van der Waals surface area contributed by atoms with E-state index in [0.717, 1.165) is 22.2 Å². The lowest BCUT2D eigenvalue weighted by Gasteiger charge is -2.08. The molecule has 0 saturated heterocycles. The standard InChI is InChI=1S/C17H16N2O3/c1-22-15-4-2-3-12(9-15)11-19-8-7-13-5-6-14(10-16(13)19)17(20)18-21/h2-10,21H,11H2,1H3,(H,18,20). The van der Waals surface area contributed by atoms with Gasteiger partial charge in [-0.25, -0.2) is 5.48 Å². The zero-order chi connectivity index (χ0) is 15.5. The Morgan fingerprint density at radius 1 is 1.23 bits per heavy atom. The Kier molecular flexibility index (Phi) is 3.80. The normalized spacial score (nSPS) is 10.6. The summed E-state index contributed by atoms with van der Waals surface area (Å²) in [6.45, 7) is 0.672. The first kappa shape index (κ1) is 14.2. The summed E-state index contributed by atoms with van der Waals surface area (Å²) in [5.41, 5.74) is 4.11. The molecule has 5 heteroatoms. The highest BCUT2D eigenvalue weighted by Crippen LogP contribution is 2.20. The number of benzene rings is 2. The molecule has 2 aromatic carbocycles. The Labute approximate surface area is 127 Å². The fourth-order valence-electron chi connectivity index (χ4n) is 2.50. The van der Waals surface area contributed by atoms with Crippen LogP contribution in [0.4, 0.5) is 0 Å². The van der Waals surface area contributed by atoms with Gasteiger partial charge >= 0.3 is 0 Å². The van der Waals surface area contributed by atoms with E-state index in [4.69, 9.17) is 9.94 Å². The lowest BCUT2D eigenvalue weighted by atomic mass is 10.1. The highest BCUT2D eigenvalue weighted by Gasteiger charge is 2.08. The van der Waals surface area contributed by atoms with E-state index in [9.17, 15) is 4.79 Å². The number of nitrogens with zero attached hydrogens (tertiary/aromatic N) is 1. The first-order valence-electron chi connectivity index (χ1n) is 6.87. The van der Waals surface area contributed by atoms with Gasteiger partial charge in [-0.05, 0) is 41.3 Å². The Morgan fingerprint density at radius 2 is 2.09 bits per heavy atom. The molecule has 3 rings (SSSR count). The SMILES string of the molecule is COc1cccc(Cn2ccc3ccc(C(=O)NO)cc32)c1. The maximum Gasteiger partial charge on any atom is 0.274 e. The molecule has 1 amide bonds. The summed E-state index contributed by atoms with van der Waals surface area (Å²) in [4.78, 5) is 11.5. The number of fused-ring (bicyclic) bond motifs is 1. The number of ether oxygens (including phenoxy) is 1. The van der Waals surface area contributed by atoms with Gasteiger partial charge in [0.05, 0.1) is 7.11 Å². The Hall–Kier alpha value is -2.79. The van der Waals surface area contributed by atoms with Crippen LogP contribution in [0.2, 0.25) is 0 Å². The zero-order valence-electron chi connectivity index (χ0n) is 12.1. The maximum atomic E-state index is 11.5. The third kappa shape index (κ3) is 2.66. The third-order valence-corrected chi connectivity index (χ3v) is 3.62. The summed E-state index contributed by atoms with van der Waals surface area (Å²) in [6, 6.07) is 15.2. The van der Waals surface area contributed by atoms with E-state index in [1.54, 1.807) is 24.7 Å². The average molecular weight is 296 g/mol. The minimum Gasteiger partial charge on any atom is -0.497 e. The van der Waals surface area contributed by atoms with Gasteiger partial charge in [-0.2, -0.15) is 0 Å². The van der Waals surface area contributed by atoms with Crippen molar-refractivity contribution < 1.29 is 14.7 Å². The number of methoxy groups -OCH3 is 1. The lowest BCUT2D eigenvalue weighted by molar-refractivity contribution is 0.0706. The van der Waals surface area contributed by atoms with E-state index in [2.05, 4.69) is 4.57 Å². The lowest BCUT2D eigenvalue weighted by Crippen LogP contribution is -2.18. The summed E-state index contributed by atoms with van der Waals surface area (Å²) in [5, 5.41) is 9.79. The minimum atomic E-state index is -0.518. The van der Waals surface area contributed by atoms with Gasteiger partial charge in [-0.1, -0.05) is 18.2 Å². The van der Waals surface area contributed by atoms with Crippen LogP contribution >= 0.6 is 0 Å². The van der Waals surface area contributed by atoms with Crippen LogP contribution in [0.1, 0.15) is 15.9 Å². The van der Waals surface area contributed by atoms with Crippen LogP contribution in [0.3, 0.4) is 0 Å². The molecule has 0 atom stereocenters. The largest absolute Gasteiger partial charge is 0.497 e. The van der Waals surface area contributed by atoms with Gasteiger partial charge in [0.25, 0.3) is 5.91 Å². The van der Waals surface area contributed by atoms with Crippen LogP contribution in [-0.4, -0.2) is 22.8 Å². The number of amides is 1. The van der Waals surface area contributed by atoms with Gasteiger partial charge in [0.15, 0.2) is 0 Å². The predicted octanol–water partition coefficient (Wildman–Crippen LogP) is 2.82. The number of hydrogen-bond acceptors (Lipinski definition) is 3. The molecule has 0 fully saturated rings. The Balaban J connectivity index is 1.97. The van der Waals surface area contributed by atoms with Gasteiger partial charge in [0.1, 0.15) is 5.75 Å². The molecule has 0 aliphatic carbocycles. The highest BCUT2D eigenvalue weighted by atomic mass is 16.5. The number of hydrogen-bond donors (Lipinski definition) is 2. The summed E-state index contributed by atoms with van der Waals surface area (Å²) >= 11 is 0. The van der Waals surface area contributed by atoms with Crippen LogP contribution < -0.4 is 10.2 Å². The van der Waals surface area contributed by atoms with Crippen molar-refractivity contribution in [2.24, 2.45) is 0 Å². The molecular formula is C17H16N2O3. The van der Waals surface area contributed by atoms with E-state index in [0.29, 0.717) is 12.1 Å².